The van der Waals surface area contributed by atoms with Gasteiger partial charge < -0.3 is 16.4 Å². The van der Waals surface area contributed by atoms with Gasteiger partial charge >= 0.3 is 0 Å². The van der Waals surface area contributed by atoms with Gasteiger partial charge in [0, 0.05) is 19.1 Å². The molecule has 0 aliphatic heterocycles. The lowest BCUT2D eigenvalue weighted by atomic mass is 10.2. The minimum absolute atomic E-state index is 0.242. The monoisotopic (exact) mass is 203 g/mol. The molecular weight excluding hydrogens is 182 g/mol. The van der Waals surface area contributed by atoms with Crippen molar-refractivity contribution in [2.75, 3.05) is 13.1 Å². The van der Waals surface area contributed by atoms with Crippen molar-refractivity contribution < 1.29 is 0 Å². The zero-order valence-electron chi connectivity index (χ0n) is 8.60. The Bertz CT molecular complexity index is 137. The lowest BCUT2D eigenvalue weighted by molar-refractivity contribution is 0.643. The van der Waals surface area contributed by atoms with Crippen LogP contribution < -0.4 is 16.4 Å². The molecule has 0 spiro atoms. The number of nitrogens with one attached hydrogen (secondary N) is 2. The summed E-state index contributed by atoms with van der Waals surface area (Å²) in [5, 5.41) is 6.99. The van der Waals surface area contributed by atoms with E-state index in [2.05, 4.69) is 17.6 Å². The number of nitrogens with two attached hydrogens (primary N) is 1. The summed E-state index contributed by atoms with van der Waals surface area (Å²) in [4.78, 5) is 0. The molecule has 3 nitrogen and oxygen atoms in total. The molecule has 0 radical (unpaired) electrons. The van der Waals surface area contributed by atoms with E-state index in [0.717, 1.165) is 31.0 Å². The first-order valence-electron chi connectivity index (χ1n) is 4.94. The zero-order valence-corrected chi connectivity index (χ0v) is 9.41. The molecule has 1 atom stereocenters. The normalized spacial score (nSPS) is 12.2. The molecule has 4 N–H and O–H groups in total. The van der Waals surface area contributed by atoms with Crippen molar-refractivity contribution in [3.8, 4) is 0 Å². The molecule has 1 unspecified atom stereocenters. The molecule has 0 fully saturated rings. The van der Waals surface area contributed by atoms with E-state index in [1.54, 1.807) is 0 Å². The van der Waals surface area contributed by atoms with Crippen molar-refractivity contribution >= 4 is 17.3 Å². The summed E-state index contributed by atoms with van der Waals surface area (Å²) < 4.78 is 0. The van der Waals surface area contributed by atoms with Crippen LogP contribution in [-0.4, -0.2) is 24.2 Å². The first-order chi connectivity index (χ1) is 6.16. The lowest BCUT2D eigenvalue weighted by Gasteiger charge is -2.10. The van der Waals surface area contributed by atoms with Gasteiger partial charge in [0.05, 0.1) is 0 Å². The predicted octanol–water partition coefficient (Wildman–Crippen LogP) is 0.988. The highest BCUT2D eigenvalue weighted by Crippen LogP contribution is 1.84. The molecular formula is C9H21N3S. The maximum Gasteiger partial charge on any atom is 0.166 e. The Labute approximate surface area is 86.5 Å². The van der Waals surface area contributed by atoms with E-state index in [1.807, 2.05) is 6.92 Å². The Morgan fingerprint density at radius 2 is 2.00 bits per heavy atom. The van der Waals surface area contributed by atoms with Crippen LogP contribution in [0.3, 0.4) is 0 Å². The summed E-state index contributed by atoms with van der Waals surface area (Å²) in [6, 6.07) is 0.242. The van der Waals surface area contributed by atoms with E-state index in [0.29, 0.717) is 0 Å². The van der Waals surface area contributed by atoms with Gasteiger partial charge in [0.2, 0.25) is 0 Å². The molecule has 0 saturated heterocycles. The summed E-state index contributed by atoms with van der Waals surface area (Å²) in [6.45, 7) is 5.97. The smallest absolute Gasteiger partial charge is 0.166 e. The summed E-state index contributed by atoms with van der Waals surface area (Å²) in [6.07, 6.45) is 3.31. The van der Waals surface area contributed by atoms with Crippen molar-refractivity contribution in [2.45, 2.75) is 39.2 Å². The average Bonchev–Trinajstić information content (AvgIpc) is 2.04. The second-order valence-electron chi connectivity index (χ2n) is 3.30. The van der Waals surface area contributed by atoms with Gasteiger partial charge in [-0.25, -0.2) is 0 Å². The molecule has 78 valence electrons. The van der Waals surface area contributed by atoms with Crippen LogP contribution in [0.25, 0.3) is 0 Å². The van der Waals surface area contributed by atoms with Gasteiger partial charge in [0.1, 0.15) is 0 Å². The maximum absolute atomic E-state index is 5.60. The third kappa shape index (κ3) is 9.56. The van der Waals surface area contributed by atoms with Crippen LogP contribution in [0.4, 0.5) is 0 Å². The summed E-state index contributed by atoms with van der Waals surface area (Å²) in [5.41, 5.74) is 5.60. The van der Waals surface area contributed by atoms with Crippen molar-refractivity contribution in [2.24, 2.45) is 5.73 Å². The lowest BCUT2D eigenvalue weighted by Crippen LogP contribution is -2.37. The fourth-order valence-electron chi connectivity index (χ4n) is 0.855. The van der Waals surface area contributed by atoms with Crippen LogP contribution in [0.5, 0.6) is 0 Å². The Hall–Kier alpha value is -0.350. The van der Waals surface area contributed by atoms with Gasteiger partial charge in [0.15, 0.2) is 5.11 Å². The fraction of sp³-hybridized carbons (Fsp3) is 0.889. The standard InChI is InChI=1S/C9H21N3S/c1-3-4-6-11-9(13)12-7-5-8(2)10/h8H,3-7,10H2,1-2H3,(H2,11,12,13). The molecule has 0 rings (SSSR count). The van der Waals surface area contributed by atoms with E-state index < -0.39 is 0 Å². The van der Waals surface area contributed by atoms with Crippen molar-refractivity contribution in [1.29, 1.82) is 0 Å². The molecule has 0 amide bonds. The first kappa shape index (κ1) is 12.7. The summed E-state index contributed by atoms with van der Waals surface area (Å²) in [7, 11) is 0. The summed E-state index contributed by atoms with van der Waals surface area (Å²) >= 11 is 5.06. The SMILES string of the molecule is CCCCNC(=S)NCCC(C)N. The molecule has 0 heterocycles. The van der Waals surface area contributed by atoms with E-state index in [9.17, 15) is 0 Å². The third-order valence-corrected chi connectivity index (χ3v) is 1.99. The number of hydrogen-bond acceptors (Lipinski definition) is 2. The Kier molecular flexibility index (Phi) is 8.04. The Morgan fingerprint density at radius 3 is 2.54 bits per heavy atom. The number of unbranched alkanes of at least 4 members (excludes halogenated alkanes) is 1. The van der Waals surface area contributed by atoms with Gasteiger partial charge in [0.25, 0.3) is 0 Å². The topological polar surface area (TPSA) is 50.1 Å². The second kappa shape index (κ2) is 8.26. The van der Waals surface area contributed by atoms with E-state index >= 15 is 0 Å². The first-order valence-corrected chi connectivity index (χ1v) is 5.35. The third-order valence-electron chi connectivity index (χ3n) is 1.70. The van der Waals surface area contributed by atoms with Crippen molar-refractivity contribution in [3.05, 3.63) is 0 Å². The van der Waals surface area contributed by atoms with Gasteiger partial charge in [-0.2, -0.15) is 0 Å². The maximum atomic E-state index is 5.60. The zero-order chi connectivity index (χ0) is 10.1. The van der Waals surface area contributed by atoms with Gasteiger partial charge in [-0.05, 0) is 32.0 Å². The van der Waals surface area contributed by atoms with E-state index in [1.165, 1.54) is 6.42 Å². The van der Waals surface area contributed by atoms with Gasteiger partial charge in [-0.15, -0.1) is 0 Å². The van der Waals surface area contributed by atoms with Crippen LogP contribution in [0.1, 0.15) is 33.1 Å². The molecule has 0 bridgehead atoms. The van der Waals surface area contributed by atoms with Crippen LogP contribution in [0.15, 0.2) is 0 Å². The second-order valence-corrected chi connectivity index (χ2v) is 3.71. The molecule has 0 aromatic carbocycles. The van der Waals surface area contributed by atoms with Crippen LogP contribution >= 0.6 is 12.2 Å². The molecule has 0 saturated carbocycles. The molecule has 0 aromatic heterocycles. The number of hydrogen-bond donors (Lipinski definition) is 3. The number of rotatable bonds is 6. The van der Waals surface area contributed by atoms with Gasteiger partial charge in [-0.1, -0.05) is 13.3 Å². The average molecular weight is 203 g/mol. The Balaban J connectivity index is 3.20. The highest BCUT2D eigenvalue weighted by atomic mass is 32.1. The van der Waals surface area contributed by atoms with Crippen LogP contribution in [0, 0.1) is 0 Å². The summed E-state index contributed by atoms with van der Waals surface area (Å²) in [5.74, 6) is 0. The molecule has 0 aliphatic rings. The van der Waals surface area contributed by atoms with Crippen LogP contribution in [-0.2, 0) is 0 Å². The van der Waals surface area contributed by atoms with Crippen molar-refractivity contribution in [1.82, 2.24) is 10.6 Å². The quantitative estimate of drug-likeness (QED) is 0.445. The number of thiocarbonyl (C=S) groups is 1. The molecule has 13 heavy (non-hydrogen) atoms. The molecule has 4 heteroatoms. The minimum Gasteiger partial charge on any atom is -0.363 e. The highest BCUT2D eigenvalue weighted by molar-refractivity contribution is 7.80. The highest BCUT2D eigenvalue weighted by Gasteiger charge is 1.95. The molecule has 0 aliphatic carbocycles. The Morgan fingerprint density at radius 1 is 1.38 bits per heavy atom. The van der Waals surface area contributed by atoms with E-state index in [4.69, 9.17) is 18.0 Å². The fourth-order valence-corrected chi connectivity index (χ4v) is 1.06. The van der Waals surface area contributed by atoms with Crippen molar-refractivity contribution in [3.63, 3.8) is 0 Å². The predicted molar refractivity (Wildman–Crippen MR) is 61.8 cm³/mol. The largest absolute Gasteiger partial charge is 0.363 e. The minimum atomic E-state index is 0.242. The van der Waals surface area contributed by atoms with E-state index in [-0.39, 0.29) is 6.04 Å². The van der Waals surface area contributed by atoms with Crippen LogP contribution in [0.2, 0.25) is 0 Å². The molecule has 0 aromatic rings. The van der Waals surface area contributed by atoms with Gasteiger partial charge in [-0.3, -0.25) is 0 Å².